The molecule has 1 fully saturated rings. The minimum Gasteiger partial charge on any atom is -0.316 e. The maximum absolute atomic E-state index is 13.9. The predicted molar refractivity (Wildman–Crippen MR) is 69.6 cm³/mol. The molecule has 0 bridgehead atoms. The van der Waals surface area contributed by atoms with E-state index in [4.69, 9.17) is 0 Å². The highest BCUT2D eigenvalue weighted by Gasteiger charge is 2.52. The van der Waals surface area contributed by atoms with E-state index in [0.29, 0.717) is 11.8 Å². The Balaban J connectivity index is 2.08. The number of benzene rings is 1. The first kappa shape index (κ1) is 12.6. The molecular formula is C15H22FN. The number of nitrogens with one attached hydrogen (secondary N) is 1. The Morgan fingerprint density at radius 3 is 2.59 bits per heavy atom. The van der Waals surface area contributed by atoms with Crippen molar-refractivity contribution in [1.29, 1.82) is 0 Å². The van der Waals surface area contributed by atoms with Gasteiger partial charge in [-0.2, -0.15) is 0 Å². The Hall–Kier alpha value is -0.890. The molecule has 1 N–H and O–H groups in total. The van der Waals surface area contributed by atoms with Crippen LogP contribution < -0.4 is 5.32 Å². The third-order valence-electron chi connectivity index (χ3n) is 3.86. The van der Waals surface area contributed by atoms with Crippen molar-refractivity contribution in [2.75, 3.05) is 13.1 Å². The molecule has 2 heteroatoms. The molecule has 0 spiro atoms. The quantitative estimate of drug-likeness (QED) is 0.825. The first-order chi connectivity index (χ1) is 8.06. The van der Waals surface area contributed by atoms with Gasteiger partial charge in [0.25, 0.3) is 0 Å². The third kappa shape index (κ3) is 2.52. The summed E-state index contributed by atoms with van der Waals surface area (Å²) in [6.07, 6.45) is 1.10. The van der Waals surface area contributed by atoms with Gasteiger partial charge in [0.1, 0.15) is 5.82 Å². The van der Waals surface area contributed by atoms with Gasteiger partial charge in [0.15, 0.2) is 0 Å². The van der Waals surface area contributed by atoms with Crippen LogP contribution in [0.25, 0.3) is 0 Å². The van der Waals surface area contributed by atoms with Gasteiger partial charge >= 0.3 is 0 Å². The van der Waals surface area contributed by atoms with Crippen LogP contribution in [0.2, 0.25) is 0 Å². The van der Waals surface area contributed by atoms with Crippen molar-refractivity contribution in [2.24, 2.45) is 11.8 Å². The molecule has 2 atom stereocenters. The predicted octanol–water partition coefficient (Wildman–Crippen LogP) is 3.35. The summed E-state index contributed by atoms with van der Waals surface area (Å²) in [5.41, 5.74) is 0.934. The number of halogens is 1. The van der Waals surface area contributed by atoms with Crippen LogP contribution in [0.15, 0.2) is 24.3 Å². The fraction of sp³-hybridized carbons (Fsp3) is 0.600. The van der Waals surface area contributed by atoms with E-state index in [-0.39, 0.29) is 11.2 Å². The zero-order valence-electron chi connectivity index (χ0n) is 11.0. The SMILES string of the molecule is CC(C)CNCC1(c2ccccc2F)CC1C. The van der Waals surface area contributed by atoms with Gasteiger partial charge in [-0.05, 0) is 36.4 Å². The summed E-state index contributed by atoms with van der Waals surface area (Å²) in [5.74, 6) is 1.17. The van der Waals surface area contributed by atoms with Crippen molar-refractivity contribution in [1.82, 2.24) is 5.32 Å². The van der Waals surface area contributed by atoms with Gasteiger partial charge in [-0.3, -0.25) is 0 Å². The summed E-state index contributed by atoms with van der Waals surface area (Å²) in [4.78, 5) is 0. The molecule has 0 radical (unpaired) electrons. The summed E-state index contributed by atoms with van der Waals surface area (Å²) in [5, 5.41) is 3.48. The minimum absolute atomic E-state index is 0.0419. The molecule has 2 rings (SSSR count). The van der Waals surface area contributed by atoms with E-state index in [0.717, 1.165) is 25.1 Å². The lowest BCUT2D eigenvalue weighted by molar-refractivity contribution is 0.476. The average Bonchev–Trinajstić information content (AvgIpc) is 2.90. The topological polar surface area (TPSA) is 12.0 Å². The molecule has 1 saturated carbocycles. The lowest BCUT2D eigenvalue weighted by Gasteiger charge is -2.19. The first-order valence-electron chi connectivity index (χ1n) is 6.52. The zero-order valence-corrected chi connectivity index (χ0v) is 11.0. The Labute approximate surface area is 103 Å². The van der Waals surface area contributed by atoms with Crippen LogP contribution >= 0.6 is 0 Å². The highest BCUT2D eigenvalue weighted by molar-refractivity contribution is 5.35. The van der Waals surface area contributed by atoms with Crippen LogP contribution in [0.3, 0.4) is 0 Å². The van der Waals surface area contributed by atoms with Crippen molar-refractivity contribution >= 4 is 0 Å². The highest BCUT2D eigenvalue weighted by Crippen LogP contribution is 2.54. The third-order valence-corrected chi connectivity index (χ3v) is 3.86. The van der Waals surface area contributed by atoms with E-state index in [9.17, 15) is 4.39 Å². The fourth-order valence-electron chi connectivity index (χ4n) is 2.65. The van der Waals surface area contributed by atoms with Gasteiger partial charge in [0.2, 0.25) is 0 Å². The molecule has 1 nitrogen and oxygen atoms in total. The summed E-state index contributed by atoms with van der Waals surface area (Å²) in [6.45, 7) is 8.50. The van der Waals surface area contributed by atoms with Gasteiger partial charge in [-0.1, -0.05) is 39.0 Å². The Morgan fingerprint density at radius 1 is 1.41 bits per heavy atom. The molecule has 2 unspecified atom stereocenters. The van der Waals surface area contributed by atoms with Crippen molar-refractivity contribution in [3.05, 3.63) is 35.6 Å². The Morgan fingerprint density at radius 2 is 2.06 bits per heavy atom. The smallest absolute Gasteiger partial charge is 0.127 e. The maximum Gasteiger partial charge on any atom is 0.127 e. The second-order valence-corrected chi connectivity index (χ2v) is 5.77. The summed E-state index contributed by atoms with van der Waals surface area (Å²) >= 11 is 0. The van der Waals surface area contributed by atoms with Gasteiger partial charge < -0.3 is 5.32 Å². The summed E-state index contributed by atoms with van der Waals surface area (Å²) in [7, 11) is 0. The van der Waals surface area contributed by atoms with Crippen molar-refractivity contribution in [3.63, 3.8) is 0 Å². The standard InChI is InChI=1S/C15H22FN/c1-11(2)9-17-10-15(8-12(15)3)13-6-4-5-7-14(13)16/h4-7,11-12,17H,8-10H2,1-3H3. The minimum atomic E-state index is -0.0526. The Kier molecular flexibility index (Phi) is 3.53. The largest absolute Gasteiger partial charge is 0.316 e. The van der Waals surface area contributed by atoms with Crippen molar-refractivity contribution in [2.45, 2.75) is 32.6 Å². The molecule has 1 aliphatic rings. The van der Waals surface area contributed by atoms with E-state index < -0.39 is 0 Å². The molecule has 94 valence electrons. The second kappa shape index (κ2) is 4.77. The van der Waals surface area contributed by atoms with E-state index >= 15 is 0 Å². The van der Waals surface area contributed by atoms with Gasteiger partial charge in [0.05, 0.1) is 0 Å². The lowest BCUT2D eigenvalue weighted by Crippen LogP contribution is -2.31. The van der Waals surface area contributed by atoms with Crippen LogP contribution in [0, 0.1) is 17.7 Å². The molecule has 0 aromatic heterocycles. The van der Waals surface area contributed by atoms with E-state index in [1.807, 2.05) is 12.1 Å². The van der Waals surface area contributed by atoms with Gasteiger partial charge in [0, 0.05) is 12.0 Å². The highest BCUT2D eigenvalue weighted by atomic mass is 19.1. The van der Waals surface area contributed by atoms with Crippen LogP contribution in [0.4, 0.5) is 4.39 Å². The summed E-state index contributed by atoms with van der Waals surface area (Å²) in [6, 6.07) is 7.22. The molecule has 0 heterocycles. The molecule has 0 amide bonds. The van der Waals surface area contributed by atoms with E-state index in [1.54, 1.807) is 12.1 Å². The molecule has 17 heavy (non-hydrogen) atoms. The number of rotatable bonds is 5. The van der Waals surface area contributed by atoms with Crippen molar-refractivity contribution < 1.29 is 4.39 Å². The number of hydrogen-bond donors (Lipinski definition) is 1. The molecule has 1 aromatic carbocycles. The zero-order chi connectivity index (χ0) is 12.5. The van der Waals surface area contributed by atoms with Gasteiger partial charge in [-0.25, -0.2) is 4.39 Å². The molecule has 0 aliphatic heterocycles. The fourth-order valence-corrected chi connectivity index (χ4v) is 2.65. The molecule has 0 saturated heterocycles. The normalized spacial score (nSPS) is 27.5. The molecule has 1 aliphatic carbocycles. The van der Waals surface area contributed by atoms with Crippen LogP contribution in [-0.4, -0.2) is 13.1 Å². The average molecular weight is 235 g/mol. The molecular weight excluding hydrogens is 213 g/mol. The Bertz CT molecular complexity index is 388. The first-order valence-corrected chi connectivity index (χ1v) is 6.52. The van der Waals surface area contributed by atoms with E-state index in [1.165, 1.54) is 0 Å². The van der Waals surface area contributed by atoms with Crippen LogP contribution in [0.1, 0.15) is 32.8 Å². The molecule has 1 aromatic rings. The van der Waals surface area contributed by atoms with Crippen LogP contribution in [-0.2, 0) is 5.41 Å². The summed E-state index contributed by atoms with van der Waals surface area (Å²) < 4.78 is 13.9. The number of hydrogen-bond acceptors (Lipinski definition) is 1. The van der Waals surface area contributed by atoms with E-state index in [2.05, 4.69) is 26.1 Å². The second-order valence-electron chi connectivity index (χ2n) is 5.77. The van der Waals surface area contributed by atoms with Gasteiger partial charge in [-0.15, -0.1) is 0 Å². The monoisotopic (exact) mass is 235 g/mol. The van der Waals surface area contributed by atoms with Crippen molar-refractivity contribution in [3.8, 4) is 0 Å². The van der Waals surface area contributed by atoms with Crippen LogP contribution in [0.5, 0.6) is 0 Å². The maximum atomic E-state index is 13.9. The lowest BCUT2D eigenvalue weighted by atomic mass is 9.92.